The van der Waals surface area contributed by atoms with Gasteiger partial charge in [0.05, 0.1) is 11.8 Å². The van der Waals surface area contributed by atoms with E-state index in [0.29, 0.717) is 43.3 Å². The van der Waals surface area contributed by atoms with Crippen LogP contribution in [0.15, 0.2) is 103 Å². The monoisotopic (exact) mass is 660 g/mol. The number of carbonyl (C=O) groups is 1. The van der Waals surface area contributed by atoms with Gasteiger partial charge in [0.1, 0.15) is 18.1 Å². The maximum absolute atomic E-state index is 14.5. The van der Waals surface area contributed by atoms with Gasteiger partial charge in [0.2, 0.25) is 6.41 Å². The number of amides is 1. The predicted octanol–water partition coefficient (Wildman–Crippen LogP) is 8.90. The van der Waals surface area contributed by atoms with Crippen LogP contribution >= 0.6 is 0 Å². The third kappa shape index (κ3) is 10.5. The molecule has 1 amide bonds. The second kappa shape index (κ2) is 16.2. The molecule has 0 unspecified atom stereocenters. The predicted molar refractivity (Wildman–Crippen MR) is 187 cm³/mol. The van der Waals surface area contributed by atoms with Crippen LogP contribution in [-0.2, 0) is 28.2 Å². The van der Waals surface area contributed by atoms with E-state index in [1.165, 1.54) is 12.1 Å². The highest BCUT2D eigenvalue weighted by atomic mass is 28.4. The first-order chi connectivity index (χ1) is 22.4. The lowest BCUT2D eigenvalue weighted by Crippen LogP contribution is -2.43. The Hall–Kier alpha value is -4.05. The van der Waals surface area contributed by atoms with Gasteiger partial charge in [-0.3, -0.25) is 4.79 Å². The lowest BCUT2D eigenvalue weighted by molar-refractivity contribution is -0.105. The van der Waals surface area contributed by atoms with E-state index >= 15 is 0 Å². The Labute approximate surface area is 278 Å². The van der Waals surface area contributed by atoms with Crippen molar-refractivity contribution in [2.45, 2.75) is 64.0 Å². The lowest BCUT2D eigenvalue weighted by Gasteiger charge is -2.39. The zero-order chi connectivity index (χ0) is 33.9. The van der Waals surface area contributed by atoms with Crippen molar-refractivity contribution in [3.05, 3.63) is 125 Å². The maximum atomic E-state index is 14.5. The van der Waals surface area contributed by atoms with Gasteiger partial charge < -0.3 is 24.5 Å². The number of ether oxygens (including phenoxy) is 2. The first-order valence-electron chi connectivity index (χ1n) is 15.9. The summed E-state index contributed by atoms with van der Waals surface area (Å²) in [6.45, 7) is 12.0. The quantitative estimate of drug-likeness (QED) is 0.0673. The van der Waals surface area contributed by atoms with Crippen LogP contribution in [0.3, 0.4) is 0 Å². The Balaban J connectivity index is 1.38. The molecule has 9 heteroatoms. The van der Waals surface area contributed by atoms with E-state index in [1.807, 2.05) is 60.7 Å². The summed E-state index contributed by atoms with van der Waals surface area (Å²) in [5.74, 6) is -2.09. The third-order valence-electron chi connectivity index (χ3n) is 8.53. The van der Waals surface area contributed by atoms with Crippen molar-refractivity contribution >= 4 is 20.4 Å². The van der Waals surface area contributed by atoms with E-state index in [2.05, 4.69) is 44.5 Å². The van der Waals surface area contributed by atoms with Crippen molar-refractivity contribution in [2.24, 2.45) is 0 Å². The summed E-state index contributed by atoms with van der Waals surface area (Å²) in [5, 5.41) is 6.34. The molecule has 1 atom stereocenters. The molecule has 0 aliphatic heterocycles. The molecule has 0 radical (unpaired) electrons. The summed E-state index contributed by atoms with van der Waals surface area (Å²) in [5.41, 5.74) is 3.54. The highest BCUT2D eigenvalue weighted by molar-refractivity contribution is 6.74. The Kier molecular flexibility index (Phi) is 12.3. The summed E-state index contributed by atoms with van der Waals surface area (Å²) in [7, 11) is -2.16. The molecule has 0 fully saturated rings. The van der Waals surface area contributed by atoms with E-state index < -0.39 is 20.8 Å². The molecule has 4 rings (SSSR count). The minimum atomic E-state index is -3.08. The molecule has 0 aliphatic carbocycles. The summed E-state index contributed by atoms with van der Waals surface area (Å²) < 4.78 is 47.4. The topological polar surface area (TPSA) is 68.8 Å². The average molecular weight is 661 g/mol. The van der Waals surface area contributed by atoms with Gasteiger partial charge in [0.25, 0.3) is 0 Å². The molecule has 0 saturated carbocycles. The van der Waals surface area contributed by atoms with Crippen LogP contribution < -0.4 is 20.1 Å². The number of nitrogens with one attached hydrogen (secondary N) is 2. The highest BCUT2D eigenvalue weighted by Gasteiger charge is 2.39. The van der Waals surface area contributed by atoms with Crippen LogP contribution in [0.25, 0.3) is 0 Å². The zero-order valence-corrected chi connectivity index (χ0v) is 28.9. The number of alkyl halides is 2. The molecule has 4 aromatic carbocycles. The second-order valence-electron chi connectivity index (χ2n) is 13.1. The third-order valence-corrected chi connectivity index (χ3v) is 13.0. The Morgan fingerprint density at radius 3 is 2.13 bits per heavy atom. The van der Waals surface area contributed by atoms with E-state index in [9.17, 15) is 13.6 Å². The fourth-order valence-electron chi connectivity index (χ4n) is 4.70. The van der Waals surface area contributed by atoms with Crippen LogP contribution in [0.4, 0.5) is 14.5 Å². The largest absolute Gasteiger partial charge is 0.487 e. The van der Waals surface area contributed by atoms with Gasteiger partial charge in [0, 0.05) is 12.1 Å². The summed E-state index contributed by atoms with van der Waals surface area (Å²) in [6.07, 6.45) is 1.13. The van der Waals surface area contributed by atoms with Crippen molar-refractivity contribution < 1.29 is 27.5 Å². The smallest absolute Gasteiger partial charge is 0.306 e. The first-order valence-corrected chi connectivity index (χ1v) is 18.8. The molecule has 6 nitrogen and oxygen atoms in total. The molecular weight excluding hydrogens is 615 g/mol. The fraction of sp³-hybridized carbons (Fsp3) is 0.342. The van der Waals surface area contributed by atoms with Crippen molar-refractivity contribution in [1.29, 1.82) is 0 Å². The minimum absolute atomic E-state index is 0.00272. The zero-order valence-electron chi connectivity index (χ0n) is 27.9. The van der Waals surface area contributed by atoms with Crippen molar-refractivity contribution in [3.8, 4) is 11.5 Å². The molecule has 250 valence electrons. The van der Waals surface area contributed by atoms with E-state index in [-0.39, 0.29) is 16.7 Å². The van der Waals surface area contributed by atoms with Crippen LogP contribution in [0.2, 0.25) is 18.1 Å². The van der Waals surface area contributed by atoms with Gasteiger partial charge in [-0.1, -0.05) is 99.6 Å². The van der Waals surface area contributed by atoms with Gasteiger partial charge in [-0.05, 0) is 72.1 Å². The standard InChI is InChI=1S/C38H46F2N2O4Si/c1-37(2,3)47(4,5)46-36(31-18-21-35(34(24-31)42-28-43)44-26-30-12-8-6-9-13-30)25-41-23-22-29-16-19-33(20-17-29)45-27-38(39,40)32-14-10-7-11-15-32/h6-21,24,28,36,41H,22-23,25-27H2,1-5H3,(H,42,43)/t36-/m0/s1. The number of hydrogen-bond acceptors (Lipinski definition) is 5. The van der Waals surface area contributed by atoms with E-state index in [0.717, 1.165) is 23.1 Å². The van der Waals surface area contributed by atoms with Gasteiger partial charge in [-0.15, -0.1) is 0 Å². The van der Waals surface area contributed by atoms with E-state index in [1.54, 1.807) is 30.3 Å². The van der Waals surface area contributed by atoms with Gasteiger partial charge in [-0.2, -0.15) is 8.78 Å². The van der Waals surface area contributed by atoms with Crippen molar-refractivity contribution in [1.82, 2.24) is 5.32 Å². The fourth-order valence-corrected chi connectivity index (χ4v) is 5.99. The first kappa shape index (κ1) is 35.8. The Morgan fingerprint density at radius 2 is 1.49 bits per heavy atom. The molecule has 47 heavy (non-hydrogen) atoms. The van der Waals surface area contributed by atoms with Crippen LogP contribution in [0, 0.1) is 0 Å². The van der Waals surface area contributed by atoms with Gasteiger partial charge in [0.15, 0.2) is 14.9 Å². The number of anilines is 1. The number of hydrogen-bond donors (Lipinski definition) is 2. The molecule has 0 spiro atoms. The van der Waals surface area contributed by atoms with Crippen molar-refractivity contribution in [2.75, 3.05) is 25.0 Å². The molecule has 0 aliphatic rings. The maximum Gasteiger partial charge on any atom is 0.306 e. The normalized spacial score (nSPS) is 12.7. The second-order valence-corrected chi connectivity index (χ2v) is 17.9. The summed E-state index contributed by atoms with van der Waals surface area (Å²) in [6, 6.07) is 30.6. The molecular formula is C38H46F2N2O4Si. The summed E-state index contributed by atoms with van der Waals surface area (Å²) in [4.78, 5) is 11.5. The minimum Gasteiger partial charge on any atom is -0.487 e. The van der Waals surface area contributed by atoms with Gasteiger partial charge >= 0.3 is 5.92 Å². The van der Waals surface area contributed by atoms with Crippen LogP contribution in [0.1, 0.15) is 49.1 Å². The molecule has 4 aromatic rings. The Morgan fingerprint density at radius 1 is 0.830 bits per heavy atom. The molecule has 0 saturated heterocycles. The molecule has 0 aromatic heterocycles. The number of carbonyl (C=O) groups excluding carboxylic acids is 1. The van der Waals surface area contributed by atoms with Crippen LogP contribution in [-0.4, -0.2) is 34.4 Å². The summed E-state index contributed by atoms with van der Waals surface area (Å²) >= 11 is 0. The molecule has 0 heterocycles. The van der Waals surface area contributed by atoms with Crippen molar-refractivity contribution in [3.63, 3.8) is 0 Å². The lowest BCUT2D eigenvalue weighted by atomic mass is 10.1. The average Bonchev–Trinajstić information content (AvgIpc) is 3.05. The van der Waals surface area contributed by atoms with Gasteiger partial charge in [-0.25, -0.2) is 0 Å². The highest BCUT2D eigenvalue weighted by Crippen LogP contribution is 2.40. The SMILES string of the molecule is CC(C)(C)[Si](C)(C)O[C@@H](CNCCc1ccc(OCC(F)(F)c2ccccc2)cc1)c1ccc(OCc2ccccc2)c(NC=O)c1. The van der Waals surface area contributed by atoms with Crippen LogP contribution in [0.5, 0.6) is 11.5 Å². The van der Waals surface area contributed by atoms with E-state index in [4.69, 9.17) is 13.9 Å². The molecule has 2 N–H and O–H groups in total. The number of benzene rings is 4. The molecule has 0 bridgehead atoms. The number of rotatable bonds is 17. The number of halogens is 2. The Bertz CT molecular complexity index is 1550.